The third-order valence-corrected chi connectivity index (χ3v) is 8.98. The van der Waals surface area contributed by atoms with Gasteiger partial charge in [-0.1, -0.05) is 87.5 Å². The highest BCUT2D eigenvalue weighted by Gasteiger charge is 2.55. The van der Waals surface area contributed by atoms with Crippen molar-refractivity contribution in [1.29, 1.82) is 0 Å². The Hall–Kier alpha value is -5.13. The minimum absolute atomic E-state index is 0.0367. The molecule has 2 fully saturated rings. The van der Waals surface area contributed by atoms with Gasteiger partial charge in [-0.2, -0.15) is 0 Å². The van der Waals surface area contributed by atoms with Gasteiger partial charge in [0.2, 0.25) is 17.7 Å². The molecule has 12 heteroatoms. The van der Waals surface area contributed by atoms with Crippen LogP contribution < -0.4 is 16.0 Å². The smallest absolute Gasteiger partial charge is 0.408 e. The monoisotopic (exact) mass is 685 g/mol. The minimum Gasteiger partial charge on any atom is -0.445 e. The quantitative estimate of drug-likeness (QED) is 0.300. The number of ether oxygens (including phenoxy) is 2. The predicted molar refractivity (Wildman–Crippen MR) is 189 cm³/mol. The summed E-state index contributed by atoms with van der Waals surface area (Å²) in [7, 11) is 0. The lowest BCUT2D eigenvalue weighted by Gasteiger charge is -2.37. The van der Waals surface area contributed by atoms with E-state index in [1.54, 1.807) is 30.6 Å². The molecule has 0 saturated carbocycles. The highest BCUT2D eigenvalue weighted by molar-refractivity contribution is 6.03. The number of hydrogen-bond acceptors (Lipinski definition) is 7. The number of nitrogens with one attached hydrogen (secondary N) is 3. The van der Waals surface area contributed by atoms with Gasteiger partial charge < -0.3 is 35.2 Å². The molecule has 5 rings (SSSR count). The third-order valence-electron chi connectivity index (χ3n) is 8.98. The van der Waals surface area contributed by atoms with Crippen LogP contribution in [0.15, 0.2) is 72.8 Å². The molecule has 2 saturated heterocycles. The maximum atomic E-state index is 14.4. The molecule has 5 amide bonds. The summed E-state index contributed by atoms with van der Waals surface area (Å²) in [5.41, 5.74) is -0.0487. The van der Waals surface area contributed by atoms with Crippen molar-refractivity contribution in [2.24, 2.45) is 11.3 Å². The van der Waals surface area contributed by atoms with Crippen molar-refractivity contribution < 1.29 is 33.4 Å². The lowest BCUT2D eigenvalue weighted by atomic mass is 9.85. The van der Waals surface area contributed by atoms with Crippen molar-refractivity contribution in [2.75, 3.05) is 25.0 Å². The highest BCUT2D eigenvalue weighted by atomic mass is 16.6. The molecular weight excluding hydrogens is 638 g/mol. The number of hydrogen-bond donors (Lipinski definition) is 3. The summed E-state index contributed by atoms with van der Waals surface area (Å²) in [6.07, 6.45) is -1.05. The lowest BCUT2D eigenvalue weighted by Crippen LogP contribution is -2.58. The van der Waals surface area contributed by atoms with E-state index in [2.05, 4.69) is 16.0 Å². The van der Waals surface area contributed by atoms with Crippen LogP contribution in [0, 0.1) is 11.3 Å². The summed E-state index contributed by atoms with van der Waals surface area (Å²) in [5, 5.41) is 10.2. The number of rotatable bonds is 8. The third kappa shape index (κ3) is 8.53. The molecule has 0 aromatic heterocycles. The van der Waals surface area contributed by atoms with Crippen molar-refractivity contribution in [2.45, 2.75) is 78.3 Å². The van der Waals surface area contributed by atoms with Crippen LogP contribution in [0.4, 0.5) is 15.3 Å². The highest BCUT2D eigenvalue weighted by Crippen LogP contribution is 2.38. The van der Waals surface area contributed by atoms with E-state index in [4.69, 9.17) is 9.47 Å². The molecule has 266 valence electrons. The van der Waals surface area contributed by atoms with Gasteiger partial charge in [0, 0.05) is 24.2 Å². The molecule has 50 heavy (non-hydrogen) atoms. The Morgan fingerprint density at radius 1 is 0.840 bits per heavy atom. The topological polar surface area (TPSA) is 146 Å². The molecule has 2 aliphatic rings. The number of fused-ring (bicyclic) bond motifs is 2. The molecule has 0 spiro atoms. The first-order valence-electron chi connectivity index (χ1n) is 16.9. The van der Waals surface area contributed by atoms with E-state index in [9.17, 15) is 24.0 Å². The van der Waals surface area contributed by atoms with E-state index in [-0.39, 0.29) is 38.1 Å². The molecule has 2 heterocycles. The van der Waals surface area contributed by atoms with Crippen LogP contribution in [-0.4, -0.2) is 83.1 Å². The summed E-state index contributed by atoms with van der Waals surface area (Å²) in [4.78, 5) is 70.7. The number of carbonyl (C=O) groups excluding carboxylic acids is 5. The summed E-state index contributed by atoms with van der Waals surface area (Å²) in [5.74, 6) is -1.89. The Bertz CT molecular complexity index is 1730. The fourth-order valence-corrected chi connectivity index (χ4v) is 6.68. The van der Waals surface area contributed by atoms with Gasteiger partial charge in [-0.25, -0.2) is 9.59 Å². The van der Waals surface area contributed by atoms with E-state index in [1.807, 2.05) is 93.6 Å². The Morgan fingerprint density at radius 3 is 2.22 bits per heavy atom. The minimum atomic E-state index is -0.969. The molecule has 1 unspecified atom stereocenters. The average Bonchev–Trinajstić information content (AvgIpc) is 3.65. The Kier molecular flexibility index (Phi) is 10.7. The Balaban J connectivity index is 1.37. The van der Waals surface area contributed by atoms with Gasteiger partial charge >= 0.3 is 12.2 Å². The fourth-order valence-electron chi connectivity index (χ4n) is 6.68. The number of likely N-dealkylation sites (tertiary alicyclic amines) is 2. The maximum absolute atomic E-state index is 14.4. The first kappa shape index (κ1) is 36.2. The zero-order valence-electron chi connectivity index (χ0n) is 29.5. The molecule has 3 N–H and O–H groups in total. The van der Waals surface area contributed by atoms with E-state index in [1.165, 1.54) is 0 Å². The zero-order valence-corrected chi connectivity index (χ0v) is 29.5. The number of benzene rings is 3. The predicted octanol–water partition coefficient (Wildman–Crippen LogP) is 5.07. The van der Waals surface area contributed by atoms with Crippen molar-refractivity contribution in [3.8, 4) is 0 Å². The Labute approximate surface area is 292 Å². The number of nitrogens with zero attached hydrogens (tertiary/aromatic N) is 2. The first-order chi connectivity index (χ1) is 23.6. The van der Waals surface area contributed by atoms with E-state index in [0.717, 1.165) is 16.3 Å². The number of amides is 5. The normalized spacial score (nSPS) is 19.4. The molecule has 0 bridgehead atoms. The molecule has 0 radical (unpaired) electrons. The number of anilines is 1. The summed E-state index contributed by atoms with van der Waals surface area (Å²) in [6, 6.07) is 20.4. The second-order valence-electron chi connectivity index (χ2n) is 14.9. The van der Waals surface area contributed by atoms with Crippen LogP contribution >= 0.6 is 0 Å². The number of carbonyl (C=O) groups is 5. The molecule has 3 aromatic rings. The second-order valence-corrected chi connectivity index (χ2v) is 14.9. The standard InChI is InChI=1S/C38H47N5O7/c1-37(2,3)32(41-36(48)50-38(4,5)6)34(46)42-20-19-29-31(42)27(33(45)40-28-18-12-16-25-15-10-11-17-26(25)28)22-43(29)30(44)21-39-35(47)49-23-24-13-8-7-9-14-24/h7-18,27,29,31-32H,19-23H2,1-6H3,(H,39,47)(H,40,45)(H,41,48)/t27-,29+,31+,32?/m0/s1. The van der Waals surface area contributed by atoms with Crippen LogP contribution in [0.2, 0.25) is 0 Å². The van der Waals surface area contributed by atoms with Crippen LogP contribution in [0.5, 0.6) is 0 Å². The zero-order chi connectivity index (χ0) is 36.2. The molecule has 3 aromatic carbocycles. The van der Waals surface area contributed by atoms with Crippen LogP contribution in [-0.2, 0) is 30.5 Å². The van der Waals surface area contributed by atoms with Crippen molar-refractivity contribution >= 4 is 46.4 Å². The molecule has 0 aliphatic carbocycles. The van der Waals surface area contributed by atoms with Gasteiger partial charge in [-0.05, 0) is 49.6 Å². The van der Waals surface area contributed by atoms with Crippen LogP contribution in [0.1, 0.15) is 53.5 Å². The fraction of sp³-hybridized carbons (Fsp3) is 0.447. The first-order valence-corrected chi connectivity index (χ1v) is 16.9. The van der Waals surface area contributed by atoms with E-state index in [0.29, 0.717) is 12.1 Å². The maximum Gasteiger partial charge on any atom is 0.408 e. The van der Waals surface area contributed by atoms with Crippen LogP contribution in [0.25, 0.3) is 10.8 Å². The molecular formula is C38H47N5O7. The average molecular weight is 686 g/mol. The number of alkyl carbamates (subject to hydrolysis) is 2. The van der Waals surface area contributed by atoms with Crippen LogP contribution in [0.3, 0.4) is 0 Å². The van der Waals surface area contributed by atoms with Crippen molar-refractivity contribution in [1.82, 2.24) is 20.4 Å². The van der Waals surface area contributed by atoms with Gasteiger partial charge in [0.05, 0.1) is 18.0 Å². The van der Waals surface area contributed by atoms with Gasteiger partial charge in [0.15, 0.2) is 0 Å². The van der Waals surface area contributed by atoms with Crippen molar-refractivity contribution in [3.05, 3.63) is 78.4 Å². The van der Waals surface area contributed by atoms with Crippen molar-refractivity contribution in [3.63, 3.8) is 0 Å². The van der Waals surface area contributed by atoms with E-state index >= 15 is 0 Å². The summed E-state index contributed by atoms with van der Waals surface area (Å²) >= 11 is 0. The molecule has 2 aliphatic heterocycles. The molecule has 12 nitrogen and oxygen atoms in total. The summed E-state index contributed by atoms with van der Waals surface area (Å²) < 4.78 is 10.8. The van der Waals surface area contributed by atoms with Gasteiger partial charge in [-0.3, -0.25) is 14.4 Å². The lowest BCUT2D eigenvalue weighted by molar-refractivity contribution is -0.138. The Morgan fingerprint density at radius 2 is 1.52 bits per heavy atom. The van der Waals surface area contributed by atoms with Gasteiger partial charge in [0.25, 0.3) is 0 Å². The van der Waals surface area contributed by atoms with E-state index < -0.39 is 53.2 Å². The van der Waals surface area contributed by atoms with Gasteiger partial charge in [-0.15, -0.1) is 0 Å². The second kappa shape index (κ2) is 14.8. The largest absolute Gasteiger partial charge is 0.445 e. The van der Waals surface area contributed by atoms with Gasteiger partial charge in [0.1, 0.15) is 24.8 Å². The molecule has 4 atom stereocenters. The SMILES string of the molecule is CC(C)(C)OC(=O)NC(C(=O)N1CC[C@@H]2[C@H]1[C@@H](C(=O)Nc1cccc3ccccc13)CN2C(=O)CNC(=O)OCc1ccccc1)C(C)(C)C. The summed E-state index contributed by atoms with van der Waals surface area (Å²) in [6.45, 7) is 10.8.